The molecule has 2 aromatic rings. The quantitative estimate of drug-likeness (QED) is 0.662. The first kappa shape index (κ1) is 14.0. The molecule has 0 aromatic heterocycles. The first-order chi connectivity index (χ1) is 10.0. The summed E-state index contributed by atoms with van der Waals surface area (Å²) in [5.74, 6) is -1.04. The number of carbonyl (C=O) groups excluding carboxylic acids is 1. The van der Waals surface area contributed by atoms with E-state index in [-0.39, 0.29) is 22.6 Å². The standard InChI is InChI=1S/C14H9N3O4/c15-8-9-3-1-2-4-12(9)16-14(19)11-7-10(18)5-6-13(11)17(20)21/h1-7,18H,(H,16,19). The highest BCUT2D eigenvalue weighted by molar-refractivity contribution is 6.07. The molecule has 0 unspecified atom stereocenters. The van der Waals surface area contributed by atoms with Gasteiger partial charge < -0.3 is 10.4 Å². The van der Waals surface area contributed by atoms with Crippen molar-refractivity contribution in [2.45, 2.75) is 0 Å². The summed E-state index contributed by atoms with van der Waals surface area (Å²) in [4.78, 5) is 22.3. The monoisotopic (exact) mass is 283 g/mol. The molecule has 0 aliphatic heterocycles. The summed E-state index contributed by atoms with van der Waals surface area (Å²) in [6, 6.07) is 11.3. The molecule has 0 aliphatic carbocycles. The van der Waals surface area contributed by atoms with Crippen LogP contribution in [0, 0.1) is 21.4 Å². The van der Waals surface area contributed by atoms with Crippen molar-refractivity contribution >= 4 is 17.3 Å². The zero-order chi connectivity index (χ0) is 15.4. The average molecular weight is 283 g/mol. The number of amides is 1. The van der Waals surface area contributed by atoms with Gasteiger partial charge in [0.1, 0.15) is 17.4 Å². The fourth-order valence-corrected chi connectivity index (χ4v) is 1.74. The number of carbonyl (C=O) groups is 1. The van der Waals surface area contributed by atoms with Crippen LogP contribution in [-0.2, 0) is 0 Å². The van der Waals surface area contributed by atoms with Crippen LogP contribution in [0.1, 0.15) is 15.9 Å². The van der Waals surface area contributed by atoms with Gasteiger partial charge in [0, 0.05) is 6.07 Å². The molecule has 7 heteroatoms. The maximum absolute atomic E-state index is 12.1. The molecule has 0 saturated carbocycles. The van der Waals surface area contributed by atoms with Gasteiger partial charge in [-0.25, -0.2) is 0 Å². The number of rotatable bonds is 3. The summed E-state index contributed by atoms with van der Waals surface area (Å²) in [6.07, 6.45) is 0. The van der Waals surface area contributed by atoms with Crippen molar-refractivity contribution in [2.75, 3.05) is 5.32 Å². The Balaban J connectivity index is 2.39. The van der Waals surface area contributed by atoms with Gasteiger partial charge in [0.25, 0.3) is 11.6 Å². The van der Waals surface area contributed by atoms with Crippen molar-refractivity contribution in [2.24, 2.45) is 0 Å². The van der Waals surface area contributed by atoms with Gasteiger partial charge in [-0.3, -0.25) is 14.9 Å². The SMILES string of the molecule is N#Cc1ccccc1NC(=O)c1cc(O)ccc1[N+](=O)[O-]. The Kier molecular flexibility index (Phi) is 3.81. The Morgan fingerprint density at radius 3 is 2.67 bits per heavy atom. The Labute approximate surface area is 119 Å². The van der Waals surface area contributed by atoms with Crippen LogP contribution in [0.25, 0.3) is 0 Å². The van der Waals surface area contributed by atoms with Crippen LogP contribution in [0.3, 0.4) is 0 Å². The second-order valence-corrected chi connectivity index (χ2v) is 4.07. The number of nitro benzene ring substituents is 1. The van der Waals surface area contributed by atoms with Crippen molar-refractivity contribution in [1.82, 2.24) is 0 Å². The minimum atomic E-state index is -0.778. The molecule has 2 rings (SSSR count). The summed E-state index contributed by atoms with van der Waals surface area (Å²) in [5.41, 5.74) is -0.247. The van der Waals surface area contributed by atoms with Crippen LogP contribution < -0.4 is 5.32 Å². The van der Waals surface area contributed by atoms with Crippen molar-refractivity contribution in [1.29, 1.82) is 5.26 Å². The number of phenolic OH excluding ortho intramolecular Hbond substituents is 1. The highest BCUT2D eigenvalue weighted by atomic mass is 16.6. The van der Waals surface area contributed by atoms with Gasteiger partial charge >= 0.3 is 0 Å². The Morgan fingerprint density at radius 1 is 1.29 bits per heavy atom. The second-order valence-electron chi connectivity index (χ2n) is 4.07. The largest absolute Gasteiger partial charge is 0.508 e. The maximum Gasteiger partial charge on any atom is 0.282 e. The summed E-state index contributed by atoms with van der Waals surface area (Å²) < 4.78 is 0. The molecule has 0 radical (unpaired) electrons. The van der Waals surface area contributed by atoms with Gasteiger partial charge in [-0.1, -0.05) is 12.1 Å². The van der Waals surface area contributed by atoms with Crippen LogP contribution in [-0.4, -0.2) is 15.9 Å². The van der Waals surface area contributed by atoms with E-state index in [9.17, 15) is 20.0 Å². The summed E-state index contributed by atoms with van der Waals surface area (Å²) in [6.45, 7) is 0. The van der Waals surface area contributed by atoms with Gasteiger partial charge in [-0.05, 0) is 24.3 Å². The second kappa shape index (κ2) is 5.71. The molecule has 0 saturated heterocycles. The minimum Gasteiger partial charge on any atom is -0.508 e. The van der Waals surface area contributed by atoms with E-state index in [1.54, 1.807) is 12.1 Å². The molecule has 0 atom stereocenters. The molecule has 0 bridgehead atoms. The third-order valence-electron chi connectivity index (χ3n) is 2.72. The highest BCUT2D eigenvalue weighted by Gasteiger charge is 2.21. The molecular weight excluding hydrogens is 274 g/mol. The van der Waals surface area contributed by atoms with Crippen LogP contribution in [0.4, 0.5) is 11.4 Å². The number of phenols is 1. The predicted octanol–water partition coefficient (Wildman–Crippen LogP) is 2.42. The first-order valence-corrected chi connectivity index (χ1v) is 5.81. The number of benzene rings is 2. The molecule has 1 amide bonds. The smallest absolute Gasteiger partial charge is 0.282 e. The number of aromatic hydroxyl groups is 1. The molecule has 7 nitrogen and oxygen atoms in total. The van der Waals surface area contributed by atoms with Gasteiger partial charge in [-0.2, -0.15) is 5.26 Å². The molecule has 0 aliphatic rings. The summed E-state index contributed by atoms with van der Waals surface area (Å²) >= 11 is 0. The molecule has 2 N–H and O–H groups in total. The number of hydrogen-bond acceptors (Lipinski definition) is 5. The van der Waals surface area contributed by atoms with Crippen LogP contribution in [0.15, 0.2) is 42.5 Å². The molecule has 21 heavy (non-hydrogen) atoms. The topological polar surface area (TPSA) is 116 Å². The predicted molar refractivity (Wildman–Crippen MR) is 73.9 cm³/mol. The van der Waals surface area contributed by atoms with Crippen molar-refractivity contribution in [3.05, 3.63) is 63.7 Å². The average Bonchev–Trinajstić information content (AvgIpc) is 2.47. The Hall–Kier alpha value is -3.40. The lowest BCUT2D eigenvalue weighted by atomic mass is 10.1. The van der Waals surface area contributed by atoms with Crippen LogP contribution in [0.5, 0.6) is 5.75 Å². The molecule has 0 fully saturated rings. The molecule has 0 spiro atoms. The zero-order valence-corrected chi connectivity index (χ0v) is 10.6. The van der Waals surface area contributed by atoms with Gasteiger partial charge in [0.2, 0.25) is 0 Å². The van der Waals surface area contributed by atoms with Crippen molar-refractivity contribution in [3.8, 4) is 11.8 Å². The van der Waals surface area contributed by atoms with E-state index in [0.717, 1.165) is 18.2 Å². The molecule has 2 aromatic carbocycles. The maximum atomic E-state index is 12.1. The Bertz CT molecular complexity index is 765. The molecule has 0 heterocycles. The lowest BCUT2D eigenvalue weighted by Crippen LogP contribution is -2.14. The summed E-state index contributed by atoms with van der Waals surface area (Å²) in [5, 5.41) is 31.6. The van der Waals surface area contributed by atoms with Crippen molar-refractivity contribution < 1.29 is 14.8 Å². The third-order valence-corrected chi connectivity index (χ3v) is 2.72. The number of nitrogens with one attached hydrogen (secondary N) is 1. The van der Waals surface area contributed by atoms with Crippen LogP contribution in [0.2, 0.25) is 0 Å². The van der Waals surface area contributed by atoms with E-state index in [1.807, 2.05) is 6.07 Å². The first-order valence-electron chi connectivity index (χ1n) is 5.81. The van der Waals surface area contributed by atoms with E-state index in [1.165, 1.54) is 12.1 Å². The van der Waals surface area contributed by atoms with Gasteiger partial charge in [0.05, 0.1) is 16.2 Å². The van der Waals surface area contributed by atoms with E-state index in [2.05, 4.69) is 5.32 Å². The number of nitro groups is 1. The fraction of sp³-hybridized carbons (Fsp3) is 0. The Morgan fingerprint density at radius 2 is 2.00 bits per heavy atom. The lowest BCUT2D eigenvalue weighted by molar-refractivity contribution is -0.385. The highest BCUT2D eigenvalue weighted by Crippen LogP contribution is 2.25. The summed E-state index contributed by atoms with van der Waals surface area (Å²) in [7, 11) is 0. The number of nitrogens with zero attached hydrogens (tertiary/aromatic N) is 2. The third kappa shape index (κ3) is 2.96. The van der Waals surface area contributed by atoms with Gasteiger partial charge in [0.15, 0.2) is 0 Å². The minimum absolute atomic E-state index is 0.230. The van der Waals surface area contributed by atoms with Crippen molar-refractivity contribution in [3.63, 3.8) is 0 Å². The van der Waals surface area contributed by atoms with Gasteiger partial charge in [-0.15, -0.1) is 0 Å². The van der Waals surface area contributed by atoms with E-state index < -0.39 is 16.5 Å². The normalized spacial score (nSPS) is 9.67. The van der Waals surface area contributed by atoms with E-state index in [0.29, 0.717) is 0 Å². The molecular formula is C14H9N3O4. The van der Waals surface area contributed by atoms with E-state index >= 15 is 0 Å². The zero-order valence-electron chi connectivity index (χ0n) is 10.6. The number of nitriles is 1. The lowest BCUT2D eigenvalue weighted by Gasteiger charge is -2.07. The number of anilines is 1. The number of hydrogen-bond donors (Lipinski definition) is 2. The molecule has 104 valence electrons. The van der Waals surface area contributed by atoms with E-state index in [4.69, 9.17) is 5.26 Å². The number of para-hydroxylation sites is 1. The van der Waals surface area contributed by atoms with Crippen LogP contribution >= 0.6 is 0 Å². The fourth-order valence-electron chi connectivity index (χ4n) is 1.74.